The van der Waals surface area contributed by atoms with Crippen molar-refractivity contribution in [2.24, 2.45) is 0 Å². The Morgan fingerprint density at radius 3 is 2.57 bits per heavy atom. The number of para-hydroxylation sites is 1. The number of benzene rings is 1. The van der Waals surface area contributed by atoms with E-state index >= 15 is 0 Å². The molecule has 1 unspecified atom stereocenters. The molecule has 0 saturated carbocycles. The molecule has 0 aliphatic carbocycles. The van der Waals surface area contributed by atoms with Crippen molar-refractivity contribution in [1.82, 2.24) is 10.2 Å². The molecule has 2 rings (SSSR count). The highest BCUT2D eigenvalue weighted by molar-refractivity contribution is 5.76. The lowest BCUT2D eigenvalue weighted by atomic mass is 10.2. The van der Waals surface area contributed by atoms with E-state index in [4.69, 9.17) is 0 Å². The van der Waals surface area contributed by atoms with Crippen LogP contribution in [0.15, 0.2) is 30.3 Å². The molecule has 1 heterocycles. The van der Waals surface area contributed by atoms with E-state index in [9.17, 15) is 9.90 Å². The van der Waals surface area contributed by atoms with Gasteiger partial charge in [-0.15, -0.1) is 0 Å². The lowest BCUT2D eigenvalue weighted by Gasteiger charge is -2.36. The van der Waals surface area contributed by atoms with Crippen LogP contribution >= 0.6 is 0 Å². The number of anilines is 1. The van der Waals surface area contributed by atoms with E-state index in [1.807, 2.05) is 13.0 Å². The summed E-state index contributed by atoms with van der Waals surface area (Å²) in [5.41, 5.74) is 1.27. The molecule has 2 N–H and O–H groups in total. The highest BCUT2D eigenvalue weighted by Crippen LogP contribution is 2.15. The smallest absolute Gasteiger partial charge is 0.221 e. The summed E-state index contributed by atoms with van der Waals surface area (Å²) >= 11 is 0. The van der Waals surface area contributed by atoms with Crippen molar-refractivity contribution in [2.45, 2.75) is 32.3 Å². The Morgan fingerprint density at radius 1 is 1.22 bits per heavy atom. The van der Waals surface area contributed by atoms with Gasteiger partial charge in [0.25, 0.3) is 0 Å². The molecule has 0 bridgehead atoms. The van der Waals surface area contributed by atoms with Gasteiger partial charge in [-0.1, -0.05) is 31.5 Å². The number of carbonyl (C=O) groups is 1. The van der Waals surface area contributed by atoms with Gasteiger partial charge < -0.3 is 15.3 Å². The first-order valence-electron chi connectivity index (χ1n) is 8.66. The van der Waals surface area contributed by atoms with Crippen molar-refractivity contribution in [3.8, 4) is 0 Å². The molecule has 128 valence electrons. The molecular weight excluding hydrogens is 290 g/mol. The zero-order valence-corrected chi connectivity index (χ0v) is 14.1. The second-order valence-electron chi connectivity index (χ2n) is 6.16. The summed E-state index contributed by atoms with van der Waals surface area (Å²) < 4.78 is 0. The highest BCUT2D eigenvalue weighted by Gasteiger charge is 2.17. The van der Waals surface area contributed by atoms with Crippen LogP contribution in [0, 0.1) is 0 Å². The summed E-state index contributed by atoms with van der Waals surface area (Å²) in [6, 6.07) is 10.5. The quantitative estimate of drug-likeness (QED) is 0.762. The second kappa shape index (κ2) is 9.53. The molecule has 1 fully saturated rings. The lowest BCUT2D eigenvalue weighted by Crippen LogP contribution is -2.47. The molecule has 23 heavy (non-hydrogen) atoms. The molecule has 1 saturated heterocycles. The second-order valence-corrected chi connectivity index (χ2v) is 6.16. The summed E-state index contributed by atoms with van der Waals surface area (Å²) in [6.45, 7) is 7.16. The molecule has 0 radical (unpaired) electrons. The standard InChI is InChI=1S/C18H29N3O2/c1-2-6-17(22)15-19-18(23)9-10-20-11-13-21(14-12-20)16-7-4-3-5-8-16/h3-5,7-8,17,22H,2,6,9-15H2,1H3,(H,19,23). The van der Waals surface area contributed by atoms with Crippen molar-refractivity contribution in [1.29, 1.82) is 0 Å². The Morgan fingerprint density at radius 2 is 1.91 bits per heavy atom. The molecule has 1 amide bonds. The number of amides is 1. The predicted octanol–water partition coefficient (Wildman–Crippen LogP) is 1.48. The number of carbonyl (C=O) groups excluding carboxylic acids is 1. The summed E-state index contributed by atoms with van der Waals surface area (Å²) in [4.78, 5) is 16.5. The van der Waals surface area contributed by atoms with Gasteiger partial charge in [-0.05, 0) is 18.6 Å². The average molecular weight is 319 g/mol. The maximum atomic E-state index is 11.8. The number of nitrogens with one attached hydrogen (secondary N) is 1. The summed E-state index contributed by atoms with van der Waals surface area (Å²) in [7, 11) is 0. The predicted molar refractivity (Wildman–Crippen MR) is 93.6 cm³/mol. The van der Waals surface area contributed by atoms with Gasteiger partial charge in [-0.25, -0.2) is 0 Å². The van der Waals surface area contributed by atoms with Gasteiger partial charge in [-0.2, -0.15) is 0 Å². The topological polar surface area (TPSA) is 55.8 Å². The zero-order valence-electron chi connectivity index (χ0n) is 14.1. The fourth-order valence-corrected chi connectivity index (χ4v) is 2.88. The van der Waals surface area contributed by atoms with Crippen molar-refractivity contribution >= 4 is 11.6 Å². The first-order valence-corrected chi connectivity index (χ1v) is 8.66. The van der Waals surface area contributed by atoms with Crippen LogP contribution < -0.4 is 10.2 Å². The minimum atomic E-state index is -0.418. The van der Waals surface area contributed by atoms with Crippen LogP contribution in [-0.4, -0.2) is 61.3 Å². The Hall–Kier alpha value is -1.59. The van der Waals surface area contributed by atoms with E-state index in [-0.39, 0.29) is 5.91 Å². The summed E-state index contributed by atoms with van der Waals surface area (Å²) in [5, 5.41) is 12.4. The number of nitrogens with zero attached hydrogens (tertiary/aromatic N) is 2. The van der Waals surface area contributed by atoms with Crippen LogP contribution in [-0.2, 0) is 4.79 Å². The molecule has 1 atom stereocenters. The maximum Gasteiger partial charge on any atom is 0.221 e. The maximum absolute atomic E-state index is 11.8. The summed E-state index contributed by atoms with van der Waals surface area (Å²) in [5.74, 6) is 0.0330. The molecule has 5 nitrogen and oxygen atoms in total. The molecule has 0 spiro atoms. The average Bonchev–Trinajstić information content (AvgIpc) is 2.59. The van der Waals surface area contributed by atoms with Gasteiger partial charge in [0.1, 0.15) is 0 Å². The molecular formula is C18H29N3O2. The van der Waals surface area contributed by atoms with Crippen LogP contribution in [0.3, 0.4) is 0 Å². The first kappa shape index (κ1) is 17.8. The van der Waals surface area contributed by atoms with Gasteiger partial charge in [0, 0.05) is 51.4 Å². The Bertz CT molecular complexity index is 459. The van der Waals surface area contributed by atoms with E-state index in [0.29, 0.717) is 13.0 Å². The number of aliphatic hydroxyl groups excluding tert-OH is 1. The number of hydrogen-bond acceptors (Lipinski definition) is 4. The molecule has 5 heteroatoms. The third-order valence-electron chi connectivity index (χ3n) is 4.31. The zero-order chi connectivity index (χ0) is 16.5. The van der Waals surface area contributed by atoms with Gasteiger partial charge in [0.2, 0.25) is 5.91 Å². The van der Waals surface area contributed by atoms with Gasteiger partial charge in [-0.3, -0.25) is 9.69 Å². The van der Waals surface area contributed by atoms with Crippen LogP contribution in [0.4, 0.5) is 5.69 Å². The van der Waals surface area contributed by atoms with Crippen molar-refractivity contribution in [3.63, 3.8) is 0 Å². The minimum absolute atomic E-state index is 0.0330. The van der Waals surface area contributed by atoms with E-state index in [2.05, 4.69) is 39.4 Å². The number of aliphatic hydroxyl groups is 1. The molecule has 1 aliphatic rings. The van der Waals surface area contributed by atoms with E-state index in [1.165, 1.54) is 5.69 Å². The van der Waals surface area contributed by atoms with Crippen molar-refractivity contribution in [3.05, 3.63) is 30.3 Å². The van der Waals surface area contributed by atoms with E-state index < -0.39 is 6.10 Å². The summed E-state index contributed by atoms with van der Waals surface area (Å²) in [6.07, 6.45) is 1.76. The highest BCUT2D eigenvalue weighted by atomic mass is 16.3. The third kappa shape index (κ3) is 6.20. The normalized spacial score (nSPS) is 17.0. The Kier molecular flexibility index (Phi) is 7.36. The lowest BCUT2D eigenvalue weighted by molar-refractivity contribution is -0.121. The number of piperazine rings is 1. The van der Waals surface area contributed by atoms with Crippen LogP contribution in [0.5, 0.6) is 0 Å². The SMILES string of the molecule is CCCC(O)CNC(=O)CCN1CCN(c2ccccc2)CC1. The van der Waals surface area contributed by atoms with Crippen LogP contribution in [0.2, 0.25) is 0 Å². The monoisotopic (exact) mass is 319 g/mol. The van der Waals surface area contributed by atoms with Crippen LogP contribution in [0.1, 0.15) is 26.2 Å². The van der Waals surface area contributed by atoms with E-state index in [0.717, 1.165) is 45.6 Å². The third-order valence-corrected chi connectivity index (χ3v) is 4.31. The van der Waals surface area contributed by atoms with Gasteiger partial charge >= 0.3 is 0 Å². The minimum Gasteiger partial charge on any atom is -0.391 e. The number of hydrogen-bond donors (Lipinski definition) is 2. The fraction of sp³-hybridized carbons (Fsp3) is 0.611. The van der Waals surface area contributed by atoms with Crippen molar-refractivity contribution in [2.75, 3.05) is 44.2 Å². The van der Waals surface area contributed by atoms with E-state index in [1.54, 1.807) is 0 Å². The number of rotatable bonds is 8. The van der Waals surface area contributed by atoms with Gasteiger partial charge in [0.05, 0.1) is 6.10 Å². The Labute approximate surface area is 139 Å². The van der Waals surface area contributed by atoms with Gasteiger partial charge in [0.15, 0.2) is 0 Å². The molecule has 1 aromatic carbocycles. The fourth-order valence-electron chi connectivity index (χ4n) is 2.88. The largest absolute Gasteiger partial charge is 0.391 e. The van der Waals surface area contributed by atoms with Crippen LogP contribution in [0.25, 0.3) is 0 Å². The molecule has 0 aromatic heterocycles. The molecule has 1 aliphatic heterocycles. The first-order chi connectivity index (χ1) is 11.2. The Balaban J connectivity index is 1.62. The van der Waals surface area contributed by atoms with Crippen molar-refractivity contribution < 1.29 is 9.90 Å². The molecule has 1 aromatic rings.